The van der Waals surface area contributed by atoms with Crippen molar-refractivity contribution in [3.63, 3.8) is 0 Å². The number of benzene rings is 1. The molecule has 2 aromatic rings. The minimum atomic E-state index is -0.544. The average Bonchev–Trinajstić information content (AvgIpc) is 2.92. The lowest BCUT2D eigenvalue weighted by atomic mass is 9.91. The molecule has 2 N–H and O–H groups in total. The number of hydrogen-bond donors (Lipinski definition) is 2. The van der Waals surface area contributed by atoms with E-state index < -0.39 is 5.60 Å². The van der Waals surface area contributed by atoms with Gasteiger partial charge in [-0.1, -0.05) is 25.1 Å². The molecule has 1 aromatic carbocycles. The van der Waals surface area contributed by atoms with Crippen molar-refractivity contribution in [2.24, 2.45) is 0 Å². The van der Waals surface area contributed by atoms with Gasteiger partial charge in [0.1, 0.15) is 0 Å². The van der Waals surface area contributed by atoms with Gasteiger partial charge in [-0.25, -0.2) is 0 Å². The first kappa shape index (κ1) is 15.2. The summed E-state index contributed by atoms with van der Waals surface area (Å²) in [4.78, 5) is 8.39. The number of piperidine rings is 1. The molecule has 2 aliphatic rings. The molecule has 4 heteroatoms. The second-order valence-corrected chi connectivity index (χ2v) is 7.29. The molecule has 0 aliphatic carbocycles. The molecule has 0 radical (unpaired) electrons. The Bertz CT molecular complexity index is 695. The third kappa shape index (κ3) is 2.91. The Morgan fingerprint density at radius 1 is 1.22 bits per heavy atom. The molecule has 4 rings (SSSR count). The number of fused-ring (bicyclic) bond motifs is 3. The lowest BCUT2D eigenvalue weighted by molar-refractivity contribution is -0.0543. The van der Waals surface area contributed by atoms with E-state index in [1.165, 1.54) is 22.2 Å². The molecule has 1 fully saturated rings. The van der Waals surface area contributed by atoms with E-state index in [-0.39, 0.29) is 0 Å². The number of H-pyrrole nitrogens is 1. The number of hydrogen-bond acceptors (Lipinski definition) is 3. The van der Waals surface area contributed by atoms with Crippen LogP contribution in [0.1, 0.15) is 31.0 Å². The van der Waals surface area contributed by atoms with Gasteiger partial charge in [0.25, 0.3) is 0 Å². The van der Waals surface area contributed by atoms with E-state index in [4.69, 9.17) is 0 Å². The minimum absolute atomic E-state index is 0.544. The van der Waals surface area contributed by atoms with Gasteiger partial charge in [-0.2, -0.15) is 0 Å². The van der Waals surface area contributed by atoms with Crippen LogP contribution >= 0.6 is 0 Å². The van der Waals surface area contributed by atoms with Gasteiger partial charge in [-0.05, 0) is 37.6 Å². The molecule has 0 unspecified atom stereocenters. The monoisotopic (exact) mass is 313 g/mol. The molecule has 2 aliphatic heterocycles. The molecule has 1 saturated heterocycles. The van der Waals surface area contributed by atoms with Crippen molar-refractivity contribution in [3.05, 3.63) is 35.5 Å². The third-order valence-corrected chi connectivity index (χ3v) is 5.56. The van der Waals surface area contributed by atoms with Crippen molar-refractivity contribution in [1.82, 2.24) is 14.8 Å². The van der Waals surface area contributed by atoms with Gasteiger partial charge in [0.2, 0.25) is 0 Å². The maximum Gasteiger partial charge on any atom is 0.0900 e. The number of nitrogens with one attached hydrogen (secondary N) is 1. The first-order chi connectivity index (χ1) is 11.2. The van der Waals surface area contributed by atoms with Crippen LogP contribution in [-0.2, 0) is 13.0 Å². The van der Waals surface area contributed by atoms with Crippen molar-refractivity contribution in [2.45, 2.75) is 38.3 Å². The number of likely N-dealkylation sites (N-methyl/N-ethyl adjacent to an activating group) is 1. The number of aliphatic hydroxyl groups is 1. The fourth-order valence-corrected chi connectivity index (χ4v) is 4.38. The van der Waals surface area contributed by atoms with E-state index in [2.05, 4.69) is 46.0 Å². The Morgan fingerprint density at radius 2 is 2.09 bits per heavy atom. The summed E-state index contributed by atoms with van der Waals surface area (Å²) >= 11 is 0. The largest absolute Gasteiger partial charge is 0.387 e. The number of β-amino-alcohol motifs (C(OH)–C–C–N with tert-alkyl or cyclic N) is 1. The first-order valence-corrected chi connectivity index (χ1v) is 8.92. The van der Waals surface area contributed by atoms with E-state index in [1.54, 1.807) is 0 Å². The Balaban J connectivity index is 1.51. The lowest BCUT2D eigenvalue weighted by Gasteiger charge is -2.42. The third-order valence-electron chi connectivity index (χ3n) is 5.56. The standard InChI is InChI=1S/C19H27N3O/c1-2-21-10-5-9-19(23,13-21)14-22-11-8-18-16(12-22)15-6-3-4-7-17(15)20-18/h3-4,6-7,20,23H,2,5,8-14H2,1H3/t19-/m0/s1. The Morgan fingerprint density at radius 3 is 2.96 bits per heavy atom. The molecular formula is C19H27N3O. The molecule has 1 atom stereocenters. The molecule has 3 heterocycles. The summed E-state index contributed by atoms with van der Waals surface area (Å²) in [5.74, 6) is 0. The Labute approximate surface area is 138 Å². The van der Waals surface area contributed by atoms with Gasteiger partial charge in [0.15, 0.2) is 0 Å². The van der Waals surface area contributed by atoms with Crippen molar-refractivity contribution in [2.75, 3.05) is 32.7 Å². The number of aromatic amines is 1. The summed E-state index contributed by atoms with van der Waals surface area (Å²) in [5.41, 5.74) is 3.51. The predicted octanol–water partition coefficient (Wildman–Crippen LogP) is 2.37. The lowest BCUT2D eigenvalue weighted by Crippen LogP contribution is -2.54. The van der Waals surface area contributed by atoms with Crippen LogP contribution in [0.4, 0.5) is 0 Å². The van der Waals surface area contributed by atoms with Crippen LogP contribution in [0.3, 0.4) is 0 Å². The number of aromatic nitrogens is 1. The van der Waals surface area contributed by atoms with Crippen LogP contribution in [0, 0.1) is 0 Å². The Hall–Kier alpha value is -1.36. The maximum atomic E-state index is 11.0. The number of para-hydroxylation sites is 1. The van der Waals surface area contributed by atoms with Crippen LogP contribution in [0.25, 0.3) is 10.9 Å². The van der Waals surface area contributed by atoms with E-state index in [1.807, 2.05) is 0 Å². The summed E-state index contributed by atoms with van der Waals surface area (Å²) in [5, 5.41) is 12.4. The zero-order valence-corrected chi connectivity index (χ0v) is 14.0. The van der Waals surface area contributed by atoms with Crippen LogP contribution in [0.2, 0.25) is 0 Å². The minimum Gasteiger partial charge on any atom is -0.387 e. The van der Waals surface area contributed by atoms with Crippen molar-refractivity contribution < 1.29 is 5.11 Å². The molecular weight excluding hydrogens is 286 g/mol. The van der Waals surface area contributed by atoms with Crippen molar-refractivity contribution in [1.29, 1.82) is 0 Å². The molecule has 0 amide bonds. The summed E-state index contributed by atoms with van der Waals surface area (Å²) in [6, 6.07) is 8.57. The molecule has 23 heavy (non-hydrogen) atoms. The quantitative estimate of drug-likeness (QED) is 0.914. The van der Waals surface area contributed by atoms with Gasteiger partial charge < -0.3 is 15.0 Å². The molecule has 0 saturated carbocycles. The van der Waals surface area contributed by atoms with Crippen LogP contribution in [-0.4, -0.2) is 58.2 Å². The molecule has 0 spiro atoms. The number of nitrogens with zero attached hydrogens (tertiary/aromatic N) is 2. The zero-order chi connectivity index (χ0) is 15.9. The first-order valence-electron chi connectivity index (χ1n) is 8.92. The van der Waals surface area contributed by atoms with Gasteiger partial charge in [0, 0.05) is 49.2 Å². The highest BCUT2D eigenvalue weighted by molar-refractivity contribution is 5.84. The highest BCUT2D eigenvalue weighted by atomic mass is 16.3. The maximum absolute atomic E-state index is 11.0. The average molecular weight is 313 g/mol. The van der Waals surface area contributed by atoms with Gasteiger partial charge in [-0.3, -0.25) is 4.90 Å². The second-order valence-electron chi connectivity index (χ2n) is 7.29. The van der Waals surface area contributed by atoms with E-state index in [0.29, 0.717) is 0 Å². The van der Waals surface area contributed by atoms with Gasteiger partial charge >= 0.3 is 0 Å². The van der Waals surface area contributed by atoms with Crippen molar-refractivity contribution >= 4 is 10.9 Å². The van der Waals surface area contributed by atoms with E-state index in [9.17, 15) is 5.11 Å². The van der Waals surface area contributed by atoms with E-state index in [0.717, 1.165) is 58.5 Å². The summed E-state index contributed by atoms with van der Waals surface area (Å²) < 4.78 is 0. The van der Waals surface area contributed by atoms with Crippen LogP contribution in [0.5, 0.6) is 0 Å². The predicted molar refractivity (Wildman–Crippen MR) is 93.6 cm³/mol. The molecule has 0 bridgehead atoms. The normalized spacial score (nSPS) is 26.5. The smallest absolute Gasteiger partial charge is 0.0900 e. The number of rotatable bonds is 3. The topological polar surface area (TPSA) is 42.5 Å². The SMILES string of the molecule is CCN1CCC[C@@](O)(CN2CCc3[nH]c4ccccc4c3C2)C1. The highest BCUT2D eigenvalue weighted by Crippen LogP contribution is 2.30. The molecule has 1 aromatic heterocycles. The van der Waals surface area contributed by atoms with Crippen LogP contribution in [0.15, 0.2) is 24.3 Å². The van der Waals surface area contributed by atoms with Crippen molar-refractivity contribution in [3.8, 4) is 0 Å². The van der Waals surface area contributed by atoms with Crippen LogP contribution < -0.4 is 0 Å². The molecule has 124 valence electrons. The second kappa shape index (κ2) is 5.93. The summed E-state index contributed by atoms with van der Waals surface area (Å²) in [6.07, 6.45) is 3.09. The fraction of sp³-hybridized carbons (Fsp3) is 0.579. The summed E-state index contributed by atoms with van der Waals surface area (Å²) in [6.45, 7) is 7.95. The van der Waals surface area contributed by atoms with Gasteiger partial charge in [-0.15, -0.1) is 0 Å². The zero-order valence-electron chi connectivity index (χ0n) is 14.0. The van der Waals surface area contributed by atoms with E-state index >= 15 is 0 Å². The number of likely N-dealkylation sites (tertiary alicyclic amines) is 1. The summed E-state index contributed by atoms with van der Waals surface area (Å²) in [7, 11) is 0. The fourth-order valence-electron chi connectivity index (χ4n) is 4.38. The highest BCUT2D eigenvalue weighted by Gasteiger charge is 2.35. The molecule has 4 nitrogen and oxygen atoms in total. The Kier molecular flexibility index (Phi) is 3.92. The van der Waals surface area contributed by atoms with Gasteiger partial charge in [0.05, 0.1) is 5.60 Å².